The maximum absolute atomic E-state index is 3.17. The van der Waals surface area contributed by atoms with Crippen molar-refractivity contribution in [2.45, 2.75) is 73.1 Å². The molecule has 3 rings (SSSR count). The normalized spacial score (nSPS) is 9.97. The Morgan fingerprint density at radius 3 is 1.53 bits per heavy atom. The Balaban J connectivity index is 0.000000414. The van der Waals surface area contributed by atoms with Gasteiger partial charge in [0.05, 0.1) is 0 Å². The maximum Gasteiger partial charge on any atom is 0 e. The minimum Gasteiger partial charge on any atom is -0.180 e. The van der Waals surface area contributed by atoms with E-state index in [2.05, 4.69) is 116 Å². The fourth-order valence-electron chi connectivity index (χ4n) is 2.75. The molecular weight excluding hydrogens is 437 g/mol. The Hall–Kier alpha value is -1.24. The van der Waals surface area contributed by atoms with Crippen LogP contribution in [0.2, 0.25) is 0 Å². The summed E-state index contributed by atoms with van der Waals surface area (Å²) in [6, 6.07) is 28.6. The minimum atomic E-state index is 0. The Morgan fingerprint density at radius 2 is 1.17 bits per heavy atom. The molecule has 0 saturated heterocycles. The van der Waals surface area contributed by atoms with Gasteiger partial charge in [0.2, 0.25) is 0 Å². The molecule has 0 aliphatic rings. The van der Waals surface area contributed by atoms with Crippen molar-refractivity contribution in [3.63, 3.8) is 0 Å². The number of benzene rings is 3. The van der Waals surface area contributed by atoms with Crippen molar-refractivity contribution in [3.05, 3.63) is 107 Å². The summed E-state index contributed by atoms with van der Waals surface area (Å²) in [7, 11) is 0. The molecule has 3 aromatic carbocycles. The van der Waals surface area contributed by atoms with Crippen LogP contribution in [0, 0.1) is 19.9 Å². The van der Waals surface area contributed by atoms with Gasteiger partial charge in [-0.1, -0.05) is 101 Å². The van der Waals surface area contributed by atoms with Gasteiger partial charge in [-0.3, -0.25) is 0 Å². The summed E-state index contributed by atoms with van der Waals surface area (Å²) in [5.41, 5.74) is 6.83. The van der Waals surface area contributed by atoms with E-state index in [0.717, 1.165) is 0 Å². The van der Waals surface area contributed by atoms with E-state index in [1.165, 1.54) is 27.8 Å². The van der Waals surface area contributed by atoms with Crippen LogP contribution < -0.4 is 0 Å². The van der Waals surface area contributed by atoms with Crippen LogP contribution in [-0.2, 0) is 32.7 Å². The van der Waals surface area contributed by atoms with E-state index in [-0.39, 0.29) is 32.7 Å². The average molecular weight is 477 g/mol. The van der Waals surface area contributed by atoms with Crippen LogP contribution in [0.15, 0.2) is 72.8 Å². The van der Waals surface area contributed by atoms with Gasteiger partial charge in [0.1, 0.15) is 0 Å². The third kappa shape index (κ3) is 11.8. The second kappa shape index (κ2) is 15.5. The van der Waals surface area contributed by atoms with E-state index < -0.39 is 0 Å². The molecule has 0 nitrogen and oxygen atoms in total. The minimum absolute atomic E-state index is 0. The molecule has 0 heterocycles. The van der Waals surface area contributed by atoms with E-state index in [1.54, 1.807) is 0 Å². The molecule has 3 aromatic rings. The molecule has 0 aromatic heterocycles. The van der Waals surface area contributed by atoms with Crippen LogP contribution in [0.1, 0.15) is 87.1 Å². The first kappa shape index (κ1) is 28.8. The Bertz CT molecular complexity index is 799. The molecule has 30 heavy (non-hydrogen) atoms. The third-order valence-electron chi connectivity index (χ3n) is 4.81. The standard InChI is InChI=1S/2C10H14.C9H11.Y/c1-8(2)10-6-4-9(3)5-7-10;1-8(2)10-6-4-5-9(3)7-10;1-8(2)9-6-4-3-5-7-9;/h2*4-8H,1-3H3;3-6,8H,1-2H3;/q;;-1;. The summed E-state index contributed by atoms with van der Waals surface area (Å²) in [5.74, 6) is 1.91. The molecular formula is C29H39Y-. The molecule has 0 aliphatic heterocycles. The Kier molecular flexibility index (Phi) is 14.9. The molecule has 0 spiro atoms. The van der Waals surface area contributed by atoms with Gasteiger partial charge in [-0.2, -0.15) is 35.9 Å². The van der Waals surface area contributed by atoms with Crippen molar-refractivity contribution in [2.24, 2.45) is 0 Å². The maximum atomic E-state index is 3.17. The van der Waals surface area contributed by atoms with Crippen molar-refractivity contribution in [1.29, 1.82) is 0 Å². The summed E-state index contributed by atoms with van der Waals surface area (Å²) in [5, 5.41) is 0. The second-order valence-electron chi connectivity index (χ2n) is 8.61. The zero-order valence-corrected chi connectivity index (χ0v) is 23.1. The first-order chi connectivity index (χ1) is 13.7. The fraction of sp³-hybridized carbons (Fsp3) is 0.379. The summed E-state index contributed by atoms with van der Waals surface area (Å²) >= 11 is 0. The van der Waals surface area contributed by atoms with Crippen molar-refractivity contribution < 1.29 is 32.7 Å². The largest absolute Gasteiger partial charge is 0.180 e. The predicted octanol–water partition coefficient (Wildman–Crippen LogP) is 8.84. The zero-order chi connectivity index (χ0) is 21.8. The van der Waals surface area contributed by atoms with Crippen molar-refractivity contribution in [3.8, 4) is 0 Å². The molecule has 0 unspecified atom stereocenters. The van der Waals surface area contributed by atoms with Gasteiger partial charge in [0.15, 0.2) is 0 Å². The summed E-state index contributed by atoms with van der Waals surface area (Å²) in [4.78, 5) is 0. The molecule has 159 valence electrons. The fourth-order valence-corrected chi connectivity index (χ4v) is 2.75. The first-order valence-corrected chi connectivity index (χ1v) is 10.8. The smallest absolute Gasteiger partial charge is 0 e. The summed E-state index contributed by atoms with van der Waals surface area (Å²) in [6.07, 6.45) is 0. The van der Waals surface area contributed by atoms with Gasteiger partial charge < -0.3 is 0 Å². The van der Waals surface area contributed by atoms with Crippen LogP contribution >= 0.6 is 0 Å². The van der Waals surface area contributed by atoms with Crippen LogP contribution in [0.25, 0.3) is 0 Å². The van der Waals surface area contributed by atoms with Gasteiger partial charge in [-0.05, 0) is 42.7 Å². The molecule has 0 amide bonds. The van der Waals surface area contributed by atoms with E-state index in [1.807, 2.05) is 18.2 Å². The van der Waals surface area contributed by atoms with Crippen LogP contribution in [0.3, 0.4) is 0 Å². The van der Waals surface area contributed by atoms with Gasteiger partial charge >= 0.3 is 0 Å². The molecule has 0 N–H and O–H groups in total. The van der Waals surface area contributed by atoms with Crippen LogP contribution in [-0.4, -0.2) is 0 Å². The van der Waals surface area contributed by atoms with Crippen molar-refractivity contribution in [1.82, 2.24) is 0 Å². The van der Waals surface area contributed by atoms with Crippen LogP contribution in [0.4, 0.5) is 0 Å². The molecule has 0 fully saturated rings. The molecule has 0 aliphatic carbocycles. The van der Waals surface area contributed by atoms with Gasteiger partial charge in [-0.25, -0.2) is 0 Å². The second-order valence-corrected chi connectivity index (χ2v) is 8.61. The van der Waals surface area contributed by atoms with E-state index in [9.17, 15) is 0 Å². The number of hydrogen-bond acceptors (Lipinski definition) is 0. The molecule has 1 heteroatoms. The first-order valence-electron chi connectivity index (χ1n) is 10.8. The Morgan fingerprint density at radius 1 is 0.567 bits per heavy atom. The summed E-state index contributed by atoms with van der Waals surface area (Å²) in [6.45, 7) is 17.5. The van der Waals surface area contributed by atoms with Crippen LogP contribution in [0.5, 0.6) is 0 Å². The molecule has 1 radical (unpaired) electrons. The SMILES string of the molecule is CC(C)c1[c-]cccc1.Cc1ccc(C(C)C)cc1.Cc1cccc(C(C)C)c1.[Y]. The van der Waals surface area contributed by atoms with Crippen molar-refractivity contribution in [2.75, 3.05) is 0 Å². The van der Waals surface area contributed by atoms with E-state index in [0.29, 0.717) is 17.8 Å². The average Bonchev–Trinajstić information content (AvgIpc) is 2.70. The monoisotopic (exact) mass is 476 g/mol. The predicted molar refractivity (Wildman–Crippen MR) is 130 cm³/mol. The van der Waals surface area contributed by atoms with Gasteiger partial charge in [-0.15, -0.1) is 0 Å². The van der Waals surface area contributed by atoms with E-state index >= 15 is 0 Å². The third-order valence-corrected chi connectivity index (χ3v) is 4.81. The van der Waals surface area contributed by atoms with Gasteiger partial charge in [0.25, 0.3) is 0 Å². The number of rotatable bonds is 3. The van der Waals surface area contributed by atoms with Gasteiger partial charge in [0, 0.05) is 32.7 Å². The molecule has 0 atom stereocenters. The van der Waals surface area contributed by atoms with Crippen molar-refractivity contribution >= 4 is 0 Å². The Labute approximate surface area is 211 Å². The molecule has 0 bridgehead atoms. The summed E-state index contributed by atoms with van der Waals surface area (Å²) < 4.78 is 0. The topological polar surface area (TPSA) is 0 Å². The molecule has 0 saturated carbocycles. The number of aryl methyl sites for hydroxylation is 2. The zero-order valence-electron chi connectivity index (χ0n) is 20.2. The van der Waals surface area contributed by atoms with E-state index in [4.69, 9.17) is 0 Å². The quantitative estimate of drug-likeness (QED) is 0.331. The number of hydrogen-bond donors (Lipinski definition) is 0.